The Labute approximate surface area is 594 Å². The van der Waals surface area contributed by atoms with Crippen LogP contribution in [0.15, 0.2) is 0 Å². The lowest BCUT2D eigenvalue weighted by Gasteiger charge is -2.21. The van der Waals surface area contributed by atoms with Crippen LogP contribution in [0.2, 0.25) is 0 Å². The second-order valence-corrected chi connectivity index (χ2v) is 32.7. The molecule has 0 saturated carbocycles. The third-order valence-corrected chi connectivity index (χ3v) is 20.3. The molecule has 4 unspecified atom stereocenters. The molecule has 0 aromatic heterocycles. The highest BCUT2D eigenvalue weighted by Gasteiger charge is 2.30. The van der Waals surface area contributed by atoms with Crippen LogP contribution in [0.25, 0.3) is 0 Å². The lowest BCUT2D eigenvalue weighted by atomic mass is 9.99. The van der Waals surface area contributed by atoms with Crippen LogP contribution < -0.4 is 0 Å². The first kappa shape index (κ1) is 95.1. The molecule has 0 saturated heterocycles. The molecule has 0 rings (SSSR count). The minimum Gasteiger partial charge on any atom is -0.462 e. The smallest absolute Gasteiger partial charge is 0.462 e. The van der Waals surface area contributed by atoms with Gasteiger partial charge in [-0.15, -0.1) is 0 Å². The molecular weight excluding hydrogens is 1270 g/mol. The molecule has 19 heteroatoms. The Bertz CT molecular complexity index is 1900. The maximum atomic E-state index is 13.1. The second-order valence-electron chi connectivity index (χ2n) is 29.8. The van der Waals surface area contributed by atoms with Crippen LogP contribution in [0.1, 0.15) is 396 Å². The first-order chi connectivity index (χ1) is 46.6. The van der Waals surface area contributed by atoms with Gasteiger partial charge in [-0.25, -0.2) is 9.13 Å². The number of hydrogen-bond acceptors (Lipinski definition) is 15. The number of esters is 4. The molecule has 17 nitrogen and oxygen atoms in total. The molecule has 0 radical (unpaired) electrons. The number of unbranched alkanes of at least 4 members (excludes halogenated alkanes) is 40. The summed E-state index contributed by atoms with van der Waals surface area (Å²) in [4.78, 5) is 72.9. The SMILES string of the molecule is CCC(C)CCCCCCCCCCCCC(=O)OC[C@H](COP(=O)(O)OCC(O)COP(=O)(O)OC[C@@H](COC(=O)CCCCCCCCCCC(C)C)OC(=O)CCCCCCCCCCC(C)C)OC(=O)CCCCCCCCCCCCCCCCCCCCC(C)C. The van der Waals surface area contributed by atoms with E-state index in [2.05, 4.69) is 55.4 Å². The average Bonchev–Trinajstić information content (AvgIpc) is 1.07. The predicted octanol–water partition coefficient (Wildman–Crippen LogP) is 22.8. The maximum Gasteiger partial charge on any atom is 0.472 e. The van der Waals surface area contributed by atoms with Gasteiger partial charge in [-0.2, -0.15) is 0 Å². The molecule has 0 heterocycles. The molecule has 0 aliphatic rings. The number of rotatable bonds is 75. The summed E-state index contributed by atoms with van der Waals surface area (Å²) in [6.45, 7) is 14.2. The molecular formula is C78H152O17P2. The van der Waals surface area contributed by atoms with Crippen LogP contribution in [0.5, 0.6) is 0 Å². The number of hydrogen-bond donors (Lipinski definition) is 3. The third-order valence-electron chi connectivity index (χ3n) is 18.4. The van der Waals surface area contributed by atoms with Crippen molar-refractivity contribution in [3.63, 3.8) is 0 Å². The van der Waals surface area contributed by atoms with E-state index >= 15 is 0 Å². The normalized spacial score (nSPS) is 14.4. The summed E-state index contributed by atoms with van der Waals surface area (Å²) in [5.74, 6) is 0.954. The largest absolute Gasteiger partial charge is 0.472 e. The van der Waals surface area contributed by atoms with E-state index in [1.54, 1.807) is 0 Å². The van der Waals surface area contributed by atoms with Gasteiger partial charge in [-0.3, -0.25) is 37.3 Å². The van der Waals surface area contributed by atoms with Gasteiger partial charge in [-0.05, 0) is 49.4 Å². The molecule has 0 spiro atoms. The highest BCUT2D eigenvalue weighted by atomic mass is 31.2. The van der Waals surface area contributed by atoms with Crippen molar-refractivity contribution in [2.24, 2.45) is 23.7 Å². The molecule has 0 aliphatic heterocycles. The number of carbonyl (C=O) groups excluding carboxylic acids is 4. The molecule has 0 fully saturated rings. The zero-order valence-electron chi connectivity index (χ0n) is 63.7. The number of phosphoric acid groups is 2. The van der Waals surface area contributed by atoms with Gasteiger partial charge >= 0.3 is 39.5 Å². The number of carbonyl (C=O) groups is 4. The summed E-state index contributed by atoms with van der Waals surface area (Å²) in [7, 11) is -9.92. The van der Waals surface area contributed by atoms with E-state index < -0.39 is 97.5 Å². The lowest BCUT2D eigenvalue weighted by molar-refractivity contribution is -0.161. The van der Waals surface area contributed by atoms with Gasteiger partial charge in [0.2, 0.25) is 0 Å². The van der Waals surface area contributed by atoms with Gasteiger partial charge in [0.15, 0.2) is 12.2 Å². The Hall–Kier alpha value is -1.94. The van der Waals surface area contributed by atoms with Gasteiger partial charge in [-0.1, -0.05) is 344 Å². The lowest BCUT2D eigenvalue weighted by Crippen LogP contribution is -2.30. The van der Waals surface area contributed by atoms with Crippen LogP contribution in [-0.4, -0.2) is 96.7 Å². The molecule has 0 bridgehead atoms. The van der Waals surface area contributed by atoms with Crippen molar-refractivity contribution < 1.29 is 80.2 Å². The van der Waals surface area contributed by atoms with Crippen molar-refractivity contribution in [3.05, 3.63) is 0 Å². The fourth-order valence-electron chi connectivity index (χ4n) is 11.9. The van der Waals surface area contributed by atoms with E-state index in [0.29, 0.717) is 25.7 Å². The fourth-order valence-corrected chi connectivity index (χ4v) is 13.5. The van der Waals surface area contributed by atoms with Gasteiger partial charge < -0.3 is 33.8 Å². The van der Waals surface area contributed by atoms with E-state index in [4.69, 9.17) is 37.0 Å². The fraction of sp³-hybridized carbons (Fsp3) is 0.949. The molecule has 6 atom stereocenters. The summed E-state index contributed by atoms with van der Waals surface area (Å²) >= 11 is 0. The Morgan fingerprint density at radius 3 is 0.732 bits per heavy atom. The number of ether oxygens (including phenoxy) is 4. The molecule has 0 aromatic rings. The molecule has 0 amide bonds. The standard InChI is InChI=1S/C78H152O17P2/c1-9-71(8)57-49-41-33-23-20-21-24-34-42-50-58-75(80)88-64-73(94-77(82)60-52-44-36-25-19-17-15-13-11-10-12-14-16-18-22-30-38-46-54-68(2)3)66-92-96(84,85)90-62-72(79)63-91-97(86,87)93-67-74(95-78(83)61-53-45-37-29-27-32-40-48-56-70(6)7)65-89-76(81)59-51-43-35-28-26-31-39-47-55-69(4)5/h68-74,79H,9-67H2,1-8H3,(H,84,85)(H,86,87)/t71?,72?,73-,74-/m1/s1. The van der Waals surface area contributed by atoms with Gasteiger partial charge in [0, 0.05) is 25.7 Å². The highest BCUT2D eigenvalue weighted by molar-refractivity contribution is 7.47. The molecule has 3 N–H and O–H groups in total. The van der Waals surface area contributed by atoms with E-state index in [1.807, 2.05) is 0 Å². The van der Waals surface area contributed by atoms with Crippen LogP contribution >= 0.6 is 15.6 Å². The van der Waals surface area contributed by atoms with Crippen LogP contribution in [0.4, 0.5) is 0 Å². The van der Waals surface area contributed by atoms with Crippen LogP contribution in [0, 0.1) is 23.7 Å². The zero-order valence-corrected chi connectivity index (χ0v) is 65.5. The highest BCUT2D eigenvalue weighted by Crippen LogP contribution is 2.45. The summed E-state index contributed by atoms with van der Waals surface area (Å²) in [6.07, 6.45) is 52.8. The minimum atomic E-state index is -4.96. The Balaban J connectivity index is 5.22. The van der Waals surface area contributed by atoms with E-state index in [-0.39, 0.29) is 25.7 Å². The molecule has 0 aliphatic carbocycles. The summed E-state index contributed by atoms with van der Waals surface area (Å²) in [5.41, 5.74) is 0. The van der Waals surface area contributed by atoms with E-state index in [9.17, 15) is 43.2 Å². The van der Waals surface area contributed by atoms with Crippen LogP contribution in [0.3, 0.4) is 0 Å². The Kier molecular flexibility index (Phi) is 65.9. The zero-order chi connectivity index (χ0) is 71.7. The number of aliphatic hydroxyl groups excluding tert-OH is 1. The van der Waals surface area contributed by atoms with Crippen LogP contribution in [-0.2, 0) is 65.4 Å². The van der Waals surface area contributed by atoms with E-state index in [1.165, 1.54) is 199 Å². The van der Waals surface area contributed by atoms with Crippen molar-refractivity contribution in [1.82, 2.24) is 0 Å². The van der Waals surface area contributed by atoms with Gasteiger partial charge in [0.25, 0.3) is 0 Å². The average molecular weight is 1420 g/mol. The second kappa shape index (κ2) is 67.2. The van der Waals surface area contributed by atoms with Crippen molar-refractivity contribution >= 4 is 39.5 Å². The molecule has 97 heavy (non-hydrogen) atoms. The van der Waals surface area contributed by atoms with Gasteiger partial charge in [0.05, 0.1) is 26.4 Å². The van der Waals surface area contributed by atoms with E-state index in [0.717, 1.165) is 114 Å². The first-order valence-electron chi connectivity index (χ1n) is 40.2. The monoisotopic (exact) mass is 1420 g/mol. The molecule has 576 valence electrons. The van der Waals surface area contributed by atoms with Crippen molar-refractivity contribution in [3.8, 4) is 0 Å². The summed E-state index contributed by atoms with van der Waals surface area (Å²) in [5, 5.41) is 10.6. The summed E-state index contributed by atoms with van der Waals surface area (Å²) < 4.78 is 68.6. The Morgan fingerprint density at radius 1 is 0.289 bits per heavy atom. The number of phosphoric ester groups is 2. The maximum absolute atomic E-state index is 13.1. The van der Waals surface area contributed by atoms with Crippen molar-refractivity contribution in [2.45, 2.75) is 414 Å². The topological polar surface area (TPSA) is 237 Å². The first-order valence-corrected chi connectivity index (χ1v) is 43.2. The predicted molar refractivity (Wildman–Crippen MR) is 395 cm³/mol. The minimum absolute atomic E-state index is 0.104. The van der Waals surface area contributed by atoms with Crippen molar-refractivity contribution in [2.75, 3.05) is 39.6 Å². The summed E-state index contributed by atoms with van der Waals surface area (Å²) in [6, 6.07) is 0. The third kappa shape index (κ3) is 70.9. The number of aliphatic hydroxyl groups is 1. The van der Waals surface area contributed by atoms with Gasteiger partial charge in [0.1, 0.15) is 19.3 Å². The molecule has 0 aromatic carbocycles. The van der Waals surface area contributed by atoms with Crippen molar-refractivity contribution in [1.29, 1.82) is 0 Å². The Morgan fingerprint density at radius 2 is 0.495 bits per heavy atom. The quantitative estimate of drug-likeness (QED) is 0.0222.